The smallest absolute Gasteiger partial charge is 0.356 e. The van der Waals surface area contributed by atoms with E-state index >= 15 is 0 Å². The average molecular weight is 369 g/mol. The van der Waals surface area contributed by atoms with Gasteiger partial charge in [0.15, 0.2) is 0 Å². The highest BCUT2D eigenvalue weighted by Gasteiger charge is 2.54. The first-order valence-corrected chi connectivity index (χ1v) is 8.52. The van der Waals surface area contributed by atoms with Crippen LogP contribution < -0.4 is 0 Å². The number of esters is 1. The van der Waals surface area contributed by atoms with E-state index in [-0.39, 0.29) is 41.1 Å². The van der Waals surface area contributed by atoms with Crippen LogP contribution >= 0.6 is 23.4 Å². The maximum atomic E-state index is 12.3. The Bertz CT molecular complexity index is 749. The first-order valence-electron chi connectivity index (χ1n) is 7.11. The number of hydrogen-bond acceptors (Lipinski definition) is 6. The van der Waals surface area contributed by atoms with E-state index in [4.69, 9.17) is 16.3 Å². The molecule has 0 radical (unpaired) electrons. The fourth-order valence-corrected chi connectivity index (χ4v) is 4.37. The fourth-order valence-electron chi connectivity index (χ4n) is 2.62. The summed E-state index contributed by atoms with van der Waals surface area (Å²) in [5.74, 6) is -0.791. The third-order valence-corrected chi connectivity index (χ3v) is 5.56. The quantitative estimate of drug-likeness (QED) is 0.261. The number of alkyl halides is 1. The molecule has 1 amide bonds. The Labute approximate surface area is 146 Å². The Balaban J connectivity index is 1.64. The summed E-state index contributed by atoms with van der Waals surface area (Å²) in [6, 6.07) is 5.74. The molecule has 2 aliphatic heterocycles. The maximum Gasteiger partial charge on any atom is 0.356 e. The Hall–Kier alpha value is -2.06. The molecule has 126 valence electrons. The minimum atomic E-state index is -0.581. The Morgan fingerprint density at radius 3 is 2.67 bits per heavy atom. The zero-order valence-electron chi connectivity index (χ0n) is 12.6. The number of allylic oxidation sites excluding steroid dienone is 1. The molecule has 0 saturated carbocycles. The van der Waals surface area contributed by atoms with Crippen LogP contribution in [0, 0.1) is 16.0 Å². The molecular weight excluding hydrogens is 356 g/mol. The van der Waals surface area contributed by atoms with Crippen LogP contribution in [0.1, 0.15) is 12.5 Å². The first kappa shape index (κ1) is 16.8. The van der Waals surface area contributed by atoms with Crippen LogP contribution in [0.25, 0.3) is 0 Å². The molecule has 0 spiro atoms. The zero-order valence-corrected chi connectivity index (χ0v) is 14.2. The minimum absolute atomic E-state index is 0.0239. The van der Waals surface area contributed by atoms with E-state index in [2.05, 4.69) is 0 Å². The van der Waals surface area contributed by atoms with Gasteiger partial charge in [-0.15, -0.1) is 23.4 Å². The minimum Gasteiger partial charge on any atom is -0.456 e. The number of non-ortho nitro benzene ring substituents is 1. The van der Waals surface area contributed by atoms with Crippen molar-refractivity contribution in [2.75, 3.05) is 5.88 Å². The van der Waals surface area contributed by atoms with E-state index in [9.17, 15) is 19.7 Å². The van der Waals surface area contributed by atoms with Crippen LogP contribution in [0.3, 0.4) is 0 Å². The summed E-state index contributed by atoms with van der Waals surface area (Å²) in [5.41, 5.74) is 0.859. The number of amides is 1. The van der Waals surface area contributed by atoms with E-state index < -0.39 is 10.9 Å². The number of benzene rings is 1. The number of thioether (sulfide) groups is 1. The number of halogens is 1. The van der Waals surface area contributed by atoms with Crippen LogP contribution in [-0.4, -0.2) is 33.0 Å². The third kappa shape index (κ3) is 2.76. The van der Waals surface area contributed by atoms with Gasteiger partial charge in [-0.3, -0.25) is 19.8 Å². The van der Waals surface area contributed by atoms with Crippen LogP contribution in [0.5, 0.6) is 0 Å². The van der Waals surface area contributed by atoms with Crippen molar-refractivity contribution in [2.45, 2.75) is 18.9 Å². The summed E-state index contributed by atoms with van der Waals surface area (Å²) in [7, 11) is 0. The van der Waals surface area contributed by atoms with Crippen LogP contribution in [-0.2, 0) is 20.9 Å². The largest absolute Gasteiger partial charge is 0.456 e. The third-order valence-electron chi connectivity index (χ3n) is 3.90. The van der Waals surface area contributed by atoms with Gasteiger partial charge in [0.25, 0.3) is 5.69 Å². The molecule has 0 aromatic heterocycles. The number of hydrogen-bond donors (Lipinski definition) is 0. The van der Waals surface area contributed by atoms with Crippen molar-refractivity contribution in [3.63, 3.8) is 0 Å². The highest BCUT2D eigenvalue weighted by molar-refractivity contribution is 8.04. The lowest BCUT2D eigenvalue weighted by molar-refractivity contribution is -0.384. The summed E-state index contributed by atoms with van der Waals surface area (Å²) in [4.78, 5) is 36.6. The van der Waals surface area contributed by atoms with Gasteiger partial charge in [-0.25, -0.2) is 4.79 Å². The van der Waals surface area contributed by atoms with Crippen molar-refractivity contribution in [3.05, 3.63) is 50.5 Å². The van der Waals surface area contributed by atoms with Crippen LogP contribution in [0.4, 0.5) is 5.69 Å². The number of fused-ring (bicyclic) bond motifs is 1. The summed E-state index contributed by atoms with van der Waals surface area (Å²) in [5, 5.41) is 10.5. The van der Waals surface area contributed by atoms with E-state index in [1.165, 1.54) is 40.9 Å². The summed E-state index contributed by atoms with van der Waals surface area (Å²) < 4.78 is 5.25. The zero-order chi connectivity index (χ0) is 17.4. The number of rotatable bonds is 5. The number of carbonyl (C=O) groups is 2. The van der Waals surface area contributed by atoms with Crippen molar-refractivity contribution in [3.8, 4) is 0 Å². The van der Waals surface area contributed by atoms with E-state index in [1.54, 1.807) is 6.92 Å². The monoisotopic (exact) mass is 368 g/mol. The van der Waals surface area contributed by atoms with Crippen molar-refractivity contribution in [2.24, 2.45) is 5.92 Å². The molecule has 3 rings (SSSR count). The Morgan fingerprint density at radius 1 is 1.42 bits per heavy atom. The Morgan fingerprint density at radius 2 is 2.08 bits per heavy atom. The molecule has 0 N–H and O–H groups in total. The molecule has 2 heterocycles. The van der Waals surface area contributed by atoms with E-state index in [0.717, 1.165) is 4.91 Å². The molecule has 1 aromatic carbocycles. The highest BCUT2D eigenvalue weighted by Crippen LogP contribution is 2.49. The topological polar surface area (TPSA) is 89.8 Å². The molecule has 24 heavy (non-hydrogen) atoms. The highest BCUT2D eigenvalue weighted by atomic mass is 35.5. The first-order chi connectivity index (χ1) is 11.4. The molecule has 1 aromatic rings. The van der Waals surface area contributed by atoms with Crippen molar-refractivity contribution in [1.29, 1.82) is 0 Å². The number of ether oxygens (including phenoxy) is 1. The van der Waals surface area contributed by atoms with Gasteiger partial charge in [-0.2, -0.15) is 0 Å². The van der Waals surface area contributed by atoms with Gasteiger partial charge in [0.05, 0.1) is 10.8 Å². The molecule has 2 aliphatic rings. The molecule has 7 nitrogen and oxygen atoms in total. The SMILES string of the molecule is CC1=C(C(=O)OCc2ccc([N+](=O)[O-])cc2)N2C(=O)C(CCl)[C@@H]2S1. The summed E-state index contributed by atoms with van der Waals surface area (Å²) >= 11 is 7.21. The lowest BCUT2D eigenvalue weighted by Gasteiger charge is -2.41. The predicted octanol–water partition coefficient (Wildman–Crippen LogP) is 2.64. The lowest BCUT2D eigenvalue weighted by Crippen LogP contribution is -2.58. The van der Waals surface area contributed by atoms with Gasteiger partial charge in [0, 0.05) is 22.9 Å². The average Bonchev–Trinajstić information content (AvgIpc) is 2.86. The van der Waals surface area contributed by atoms with Gasteiger partial charge in [0.2, 0.25) is 5.91 Å². The predicted molar refractivity (Wildman–Crippen MR) is 88.0 cm³/mol. The number of nitro groups is 1. The molecular formula is C15H13ClN2O5S. The molecule has 9 heteroatoms. The fraction of sp³-hybridized carbons (Fsp3) is 0.333. The van der Waals surface area contributed by atoms with Gasteiger partial charge in [-0.1, -0.05) is 0 Å². The van der Waals surface area contributed by atoms with Crippen molar-refractivity contribution < 1.29 is 19.2 Å². The molecule has 2 atom stereocenters. The van der Waals surface area contributed by atoms with Crippen molar-refractivity contribution >= 4 is 40.9 Å². The van der Waals surface area contributed by atoms with Crippen molar-refractivity contribution in [1.82, 2.24) is 4.90 Å². The van der Waals surface area contributed by atoms with Crippen LogP contribution in [0.2, 0.25) is 0 Å². The van der Waals surface area contributed by atoms with Gasteiger partial charge < -0.3 is 4.74 Å². The second-order valence-corrected chi connectivity index (χ2v) is 7.02. The molecule has 1 saturated heterocycles. The number of β-lactam (4-membered cyclic amide) rings is 1. The number of nitrogens with zero attached hydrogens (tertiary/aromatic N) is 2. The van der Waals surface area contributed by atoms with E-state index in [0.29, 0.717) is 5.56 Å². The van der Waals surface area contributed by atoms with E-state index in [1.807, 2.05) is 0 Å². The molecule has 1 unspecified atom stereocenters. The molecule has 0 aliphatic carbocycles. The maximum absolute atomic E-state index is 12.3. The Kier molecular flexibility index (Phi) is 4.51. The standard InChI is InChI=1S/C15H13ClN2O5S/c1-8-12(17-13(19)11(6-16)14(17)24-8)15(20)23-7-9-2-4-10(5-3-9)18(21)22/h2-5,11,14H,6-7H2,1H3/t11?,14-/m0/s1. The van der Waals surface area contributed by atoms with Gasteiger partial charge >= 0.3 is 5.97 Å². The summed E-state index contributed by atoms with van der Waals surface area (Å²) in [6.07, 6.45) is 0. The second-order valence-electron chi connectivity index (χ2n) is 5.38. The summed E-state index contributed by atoms with van der Waals surface area (Å²) in [6.45, 7) is 1.74. The van der Waals surface area contributed by atoms with Gasteiger partial charge in [-0.05, 0) is 24.6 Å². The van der Waals surface area contributed by atoms with Crippen LogP contribution in [0.15, 0.2) is 34.9 Å². The molecule has 1 fully saturated rings. The normalized spacial score (nSPS) is 22.2. The van der Waals surface area contributed by atoms with Gasteiger partial charge in [0.1, 0.15) is 17.7 Å². The number of carbonyl (C=O) groups excluding carboxylic acids is 2. The molecule has 0 bridgehead atoms. The number of nitro benzene ring substituents is 1. The lowest BCUT2D eigenvalue weighted by atomic mass is 9.99. The second kappa shape index (κ2) is 6.45.